The summed E-state index contributed by atoms with van der Waals surface area (Å²) in [6.45, 7) is 5.10. The van der Waals surface area contributed by atoms with Gasteiger partial charge in [-0.3, -0.25) is 14.6 Å². The number of hydrogen-bond donors (Lipinski definition) is 0. The van der Waals surface area contributed by atoms with Crippen molar-refractivity contribution >= 4 is 11.6 Å². The van der Waals surface area contributed by atoms with E-state index in [-0.39, 0.29) is 18.7 Å². The fourth-order valence-corrected chi connectivity index (χ4v) is 5.29. The smallest absolute Gasteiger partial charge is 0.257 e. The van der Waals surface area contributed by atoms with E-state index in [0.717, 1.165) is 61.1 Å². The molecule has 0 aromatic heterocycles. The zero-order valence-electron chi connectivity index (χ0n) is 21.6. The summed E-state index contributed by atoms with van der Waals surface area (Å²) in [6, 6.07) is 24.1. The van der Waals surface area contributed by atoms with Crippen molar-refractivity contribution in [2.24, 2.45) is 5.10 Å². The number of fused-ring (bicyclic) bond motifs is 1. The van der Waals surface area contributed by atoms with Crippen LogP contribution >= 0.6 is 0 Å². The van der Waals surface area contributed by atoms with E-state index in [0.29, 0.717) is 18.7 Å². The Hall–Kier alpha value is -3.88. The topological polar surface area (TPSA) is 66.8 Å². The molecule has 0 saturated carbocycles. The van der Waals surface area contributed by atoms with E-state index in [1.54, 1.807) is 12.1 Å². The zero-order valence-corrected chi connectivity index (χ0v) is 21.6. The molecule has 8 nitrogen and oxygen atoms in total. The van der Waals surface area contributed by atoms with Gasteiger partial charge in [-0.25, -0.2) is 5.01 Å². The summed E-state index contributed by atoms with van der Waals surface area (Å²) in [7, 11) is 1.65. The van der Waals surface area contributed by atoms with Gasteiger partial charge in [0.1, 0.15) is 5.75 Å². The Balaban J connectivity index is 1.16. The Bertz CT molecular complexity index is 1300. The average molecular weight is 513 g/mol. The van der Waals surface area contributed by atoms with Crippen molar-refractivity contribution in [3.05, 3.63) is 89.5 Å². The van der Waals surface area contributed by atoms with Gasteiger partial charge in [-0.05, 0) is 53.1 Å². The number of rotatable bonds is 7. The van der Waals surface area contributed by atoms with Gasteiger partial charge in [-0.2, -0.15) is 5.10 Å². The first-order valence-electron chi connectivity index (χ1n) is 13.1. The van der Waals surface area contributed by atoms with Crippen LogP contribution in [-0.4, -0.2) is 73.1 Å². The molecule has 0 unspecified atom stereocenters. The molecule has 1 fully saturated rings. The van der Waals surface area contributed by atoms with Gasteiger partial charge in [0.05, 0.1) is 25.4 Å². The second-order valence-corrected chi connectivity index (χ2v) is 9.88. The van der Waals surface area contributed by atoms with E-state index in [4.69, 9.17) is 19.3 Å². The fourth-order valence-electron chi connectivity index (χ4n) is 5.29. The number of carbonyl (C=O) groups excluding carboxylic acids is 1. The van der Waals surface area contributed by atoms with Crippen molar-refractivity contribution in [2.75, 3.05) is 46.6 Å². The third kappa shape index (κ3) is 5.23. The molecule has 8 heteroatoms. The van der Waals surface area contributed by atoms with E-state index < -0.39 is 0 Å². The lowest BCUT2D eigenvalue weighted by atomic mass is 9.98. The number of nitrogens with zero attached hydrogens (tertiary/aromatic N) is 4. The summed E-state index contributed by atoms with van der Waals surface area (Å²) in [4.78, 5) is 18.4. The summed E-state index contributed by atoms with van der Waals surface area (Å²) in [5.41, 5.74) is 4.18. The molecule has 196 valence electrons. The third-order valence-corrected chi connectivity index (χ3v) is 7.44. The van der Waals surface area contributed by atoms with Gasteiger partial charge in [0, 0.05) is 39.1 Å². The molecule has 3 aromatic rings. The van der Waals surface area contributed by atoms with Crippen LogP contribution in [0.15, 0.2) is 77.9 Å². The summed E-state index contributed by atoms with van der Waals surface area (Å²) >= 11 is 0. The normalized spacial score (nSPS) is 19.4. The van der Waals surface area contributed by atoms with Crippen molar-refractivity contribution < 1.29 is 19.0 Å². The molecule has 3 aliphatic rings. The summed E-state index contributed by atoms with van der Waals surface area (Å²) in [6.07, 6.45) is 0.628. The fraction of sp³-hybridized carbons (Fsp3) is 0.333. The van der Waals surface area contributed by atoms with Crippen LogP contribution in [0.1, 0.15) is 29.2 Å². The van der Waals surface area contributed by atoms with E-state index in [1.807, 2.05) is 48.5 Å². The molecule has 38 heavy (non-hydrogen) atoms. The number of hydrazone groups is 1. The summed E-state index contributed by atoms with van der Waals surface area (Å²) in [5, 5.41) is 6.53. The number of ether oxygens (including phenoxy) is 3. The van der Waals surface area contributed by atoms with E-state index in [2.05, 4.69) is 34.1 Å². The Morgan fingerprint density at radius 3 is 2.42 bits per heavy atom. The minimum absolute atomic E-state index is 0.00712. The van der Waals surface area contributed by atoms with Crippen LogP contribution in [0.4, 0.5) is 0 Å². The molecule has 3 heterocycles. The summed E-state index contributed by atoms with van der Waals surface area (Å²) < 4.78 is 16.4. The lowest BCUT2D eigenvalue weighted by Crippen LogP contribution is -2.49. The maximum Gasteiger partial charge on any atom is 0.257 e. The van der Waals surface area contributed by atoms with Crippen molar-refractivity contribution in [2.45, 2.75) is 19.0 Å². The van der Waals surface area contributed by atoms with Gasteiger partial charge < -0.3 is 14.2 Å². The van der Waals surface area contributed by atoms with Crippen molar-refractivity contribution in [1.82, 2.24) is 14.8 Å². The first-order valence-corrected chi connectivity index (χ1v) is 13.1. The number of benzene rings is 3. The monoisotopic (exact) mass is 512 g/mol. The first kappa shape index (κ1) is 24.5. The van der Waals surface area contributed by atoms with E-state index >= 15 is 0 Å². The molecule has 0 spiro atoms. The lowest BCUT2D eigenvalue weighted by molar-refractivity contribution is -0.134. The highest BCUT2D eigenvalue weighted by Crippen LogP contribution is 2.39. The van der Waals surface area contributed by atoms with Crippen molar-refractivity contribution in [1.29, 1.82) is 0 Å². The molecule has 1 atom stereocenters. The lowest BCUT2D eigenvalue weighted by Gasteiger charge is -2.35. The highest BCUT2D eigenvalue weighted by Gasteiger charge is 2.35. The second-order valence-electron chi connectivity index (χ2n) is 9.88. The molecular weight excluding hydrogens is 480 g/mol. The molecule has 1 saturated heterocycles. The molecule has 3 aliphatic heterocycles. The number of amides is 1. The Morgan fingerprint density at radius 2 is 1.66 bits per heavy atom. The minimum Gasteiger partial charge on any atom is -0.497 e. The molecular formula is C30H32N4O4. The predicted molar refractivity (Wildman–Crippen MR) is 144 cm³/mol. The highest BCUT2D eigenvalue weighted by molar-refractivity contribution is 6.03. The molecule has 3 aromatic carbocycles. The largest absolute Gasteiger partial charge is 0.497 e. The summed E-state index contributed by atoms with van der Waals surface area (Å²) in [5.74, 6) is 2.24. The number of piperazine rings is 1. The second kappa shape index (κ2) is 10.8. The van der Waals surface area contributed by atoms with Crippen LogP contribution in [0.25, 0.3) is 0 Å². The van der Waals surface area contributed by atoms with Crippen LogP contribution < -0.4 is 14.2 Å². The highest BCUT2D eigenvalue weighted by atomic mass is 16.7. The maximum atomic E-state index is 13.7. The van der Waals surface area contributed by atoms with E-state index in [9.17, 15) is 4.79 Å². The van der Waals surface area contributed by atoms with Gasteiger partial charge >= 0.3 is 0 Å². The molecule has 6 rings (SSSR count). The Labute approximate surface area is 223 Å². The molecule has 0 N–H and O–H groups in total. The van der Waals surface area contributed by atoms with Gasteiger partial charge in [0.15, 0.2) is 11.5 Å². The SMILES string of the molecule is COc1ccc(C2=NN(C(=O)CN3CCN(Cc4ccccc4)CC3)[C@H](c3ccc4c(c3)OCO4)C2)cc1. The maximum absolute atomic E-state index is 13.7. The van der Waals surface area contributed by atoms with E-state index in [1.165, 1.54) is 5.56 Å². The van der Waals surface area contributed by atoms with Crippen LogP contribution in [0.2, 0.25) is 0 Å². The van der Waals surface area contributed by atoms with Crippen LogP contribution in [0.3, 0.4) is 0 Å². The van der Waals surface area contributed by atoms with Gasteiger partial charge in [0.25, 0.3) is 5.91 Å². The number of methoxy groups -OCH3 is 1. The molecule has 1 amide bonds. The van der Waals surface area contributed by atoms with Crippen LogP contribution in [-0.2, 0) is 11.3 Å². The number of hydrogen-bond acceptors (Lipinski definition) is 7. The third-order valence-electron chi connectivity index (χ3n) is 7.44. The molecule has 0 radical (unpaired) electrons. The van der Waals surface area contributed by atoms with Crippen LogP contribution in [0, 0.1) is 0 Å². The van der Waals surface area contributed by atoms with Gasteiger partial charge in [-0.15, -0.1) is 0 Å². The molecule has 0 bridgehead atoms. The molecule has 0 aliphatic carbocycles. The van der Waals surface area contributed by atoms with Gasteiger partial charge in [-0.1, -0.05) is 36.4 Å². The predicted octanol–water partition coefficient (Wildman–Crippen LogP) is 3.92. The van der Waals surface area contributed by atoms with Crippen molar-refractivity contribution in [3.63, 3.8) is 0 Å². The zero-order chi connectivity index (χ0) is 25.9. The minimum atomic E-state index is -0.200. The quantitative estimate of drug-likeness (QED) is 0.478. The average Bonchev–Trinajstić information content (AvgIpc) is 3.62. The van der Waals surface area contributed by atoms with Gasteiger partial charge in [0.2, 0.25) is 6.79 Å². The number of carbonyl (C=O) groups is 1. The van der Waals surface area contributed by atoms with Crippen LogP contribution in [0.5, 0.6) is 17.2 Å². The standard InChI is InChI=1S/C30H32N4O4/c1-36-25-10-7-23(8-11-25)26-18-27(24-9-12-28-29(17-24)38-21-37-28)34(31-26)30(35)20-33-15-13-32(14-16-33)19-22-5-3-2-4-6-22/h2-12,17,27H,13-16,18-21H2,1H3/t27-/m0/s1. The first-order chi connectivity index (χ1) is 18.7. The Kier molecular flexibility index (Phi) is 6.98. The van der Waals surface area contributed by atoms with Crippen molar-refractivity contribution in [3.8, 4) is 17.2 Å². The Morgan fingerprint density at radius 1 is 0.921 bits per heavy atom.